The lowest BCUT2D eigenvalue weighted by Crippen LogP contribution is -2.33. The standard InChI is InChI=1S/C13H22N2O/c1-14-7-4-12-5-8-15(9-6-12)11-13-3-2-10-16-13/h2-3,10,12,14H,4-9,11H2,1H3. The maximum Gasteiger partial charge on any atom is 0.117 e. The SMILES string of the molecule is CNCCC1CCN(Cc2ccco2)CC1. The fourth-order valence-electron chi connectivity index (χ4n) is 2.40. The normalized spacial score (nSPS) is 19.1. The summed E-state index contributed by atoms with van der Waals surface area (Å²) in [4.78, 5) is 2.49. The summed E-state index contributed by atoms with van der Waals surface area (Å²) >= 11 is 0. The Morgan fingerprint density at radius 3 is 2.88 bits per heavy atom. The topological polar surface area (TPSA) is 28.4 Å². The highest BCUT2D eigenvalue weighted by Crippen LogP contribution is 2.21. The second-order valence-electron chi connectivity index (χ2n) is 4.69. The molecule has 0 aromatic carbocycles. The molecule has 16 heavy (non-hydrogen) atoms. The first-order chi connectivity index (χ1) is 7.88. The maximum atomic E-state index is 5.38. The van der Waals surface area contributed by atoms with Crippen molar-refractivity contribution in [2.24, 2.45) is 5.92 Å². The minimum absolute atomic E-state index is 0.917. The van der Waals surface area contributed by atoms with E-state index in [0.29, 0.717) is 0 Å². The van der Waals surface area contributed by atoms with Gasteiger partial charge in [0.2, 0.25) is 0 Å². The van der Waals surface area contributed by atoms with Gasteiger partial charge in [0, 0.05) is 0 Å². The minimum atomic E-state index is 0.917. The Bertz CT molecular complexity index is 276. The molecule has 1 N–H and O–H groups in total. The lowest BCUT2D eigenvalue weighted by Gasteiger charge is -2.31. The van der Waals surface area contributed by atoms with Crippen LogP contribution in [0.25, 0.3) is 0 Å². The first-order valence-electron chi connectivity index (χ1n) is 6.28. The molecule has 1 fully saturated rings. The van der Waals surface area contributed by atoms with Crippen molar-refractivity contribution in [1.82, 2.24) is 10.2 Å². The van der Waals surface area contributed by atoms with Crippen molar-refractivity contribution in [2.75, 3.05) is 26.7 Å². The summed E-state index contributed by atoms with van der Waals surface area (Å²) in [5.74, 6) is 2.01. The third-order valence-electron chi connectivity index (χ3n) is 3.47. The molecule has 3 heteroatoms. The van der Waals surface area contributed by atoms with E-state index in [9.17, 15) is 0 Å². The Labute approximate surface area is 97.8 Å². The van der Waals surface area contributed by atoms with E-state index < -0.39 is 0 Å². The van der Waals surface area contributed by atoms with Gasteiger partial charge in [-0.3, -0.25) is 4.90 Å². The Morgan fingerprint density at radius 2 is 2.25 bits per heavy atom. The summed E-state index contributed by atoms with van der Waals surface area (Å²) in [7, 11) is 2.03. The van der Waals surface area contributed by atoms with Crippen LogP contribution in [-0.2, 0) is 6.54 Å². The van der Waals surface area contributed by atoms with Gasteiger partial charge in [0.1, 0.15) is 5.76 Å². The van der Waals surface area contributed by atoms with Gasteiger partial charge in [0.15, 0.2) is 0 Å². The molecule has 0 radical (unpaired) electrons. The van der Waals surface area contributed by atoms with Crippen molar-refractivity contribution >= 4 is 0 Å². The van der Waals surface area contributed by atoms with Crippen LogP contribution in [-0.4, -0.2) is 31.6 Å². The molecule has 1 aliphatic rings. The van der Waals surface area contributed by atoms with Crippen LogP contribution >= 0.6 is 0 Å². The number of nitrogens with zero attached hydrogens (tertiary/aromatic N) is 1. The summed E-state index contributed by atoms with van der Waals surface area (Å²) in [5.41, 5.74) is 0. The molecule has 1 aromatic rings. The number of piperidine rings is 1. The second-order valence-corrected chi connectivity index (χ2v) is 4.69. The largest absolute Gasteiger partial charge is 0.468 e. The third-order valence-corrected chi connectivity index (χ3v) is 3.47. The Kier molecular flexibility index (Phi) is 4.43. The van der Waals surface area contributed by atoms with Crippen molar-refractivity contribution in [3.05, 3.63) is 24.2 Å². The van der Waals surface area contributed by atoms with Crippen LogP contribution in [0.15, 0.2) is 22.8 Å². The fraction of sp³-hybridized carbons (Fsp3) is 0.692. The van der Waals surface area contributed by atoms with Gasteiger partial charge >= 0.3 is 0 Å². The van der Waals surface area contributed by atoms with E-state index in [4.69, 9.17) is 4.42 Å². The van der Waals surface area contributed by atoms with Crippen LogP contribution in [0.5, 0.6) is 0 Å². The molecule has 0 unspecified atom stereocenters. The molecule has 1 aliphatic heterocycles. The molecule has 0 atom stereocenters. The monoisotopic (exact) mass is 222 g/mol. The summed E-state index contributed by atoms with van der Waals surface area (Å²) < 4.78 is 5.38. The zero-order valence-corrected chi connectivity index (χ0v) is 10.1. The predicted molar refractivity (Wildman–Crippen MR) is 65.3 cm³/mol. The molecular weight excluding hydrogens is 200 g/mol. The molecule has 3 nitrogen and oxygen atoms in total. The smallest absolute Gasteiger partial charge is 0.117 e. The molecule has 1 saturated heterocycles. The molecular formula is C13H22N2O. The molecule has 0 spiro atoms. The van der Waals surface area contributed by atoms with Crippen LogP contribution in [0, 0.1) is 5.92 Å². The van der Waals surface area contributed by atoms with Crippen molar-refractivity contribution in [3.63, 3.8) is 0 Å². The summed E-state index contributed by atoms with van der Waals surface area (Å²) in [6, 6.07) is 4.03. The summed E-state index contributed by atoms with van der Waals surface area (Å²) in [5, 5.41) is 3.23. The summed E-state index contributed by atoms with van der Waals surface area (Å²) in [6.07, 6.45) is 5.75. The van der Waals surface area contributed by atoms with E-state index in [-0.39, 0.29) is 0 Å². The molecule has 2 heterocycles. The van der Waals surface area contributed by atoms with Crippen molar-refractivity contribution < 1.29 is 4.42 Å². The molecule has 1 aromatic heterocycles. The molecule has 0 amide bonds. The lowest BCUT2D eigenvalue weighted by atomic mass is 9.93. The van der Waals surface area contributed by atoms with Crippen LogP contribution in [0.1, 0.15) is 25.0 Å². The average Bonchev–Trinajstić information content (AvgIpc) is 2.81. The van der Waals surface area contributed by atoms with Crippen molar-refractivity contribution in [3.8, 4) is 0 Å². The van der Waals surface area contributed by atoms with Gasteiger partial charge in [-0.1, -0.05) is 0 Å². The van der Waals surface area contributed by atoms with Crippen LogP contribution < -0.4 is 5.32 Å². The second kappa shape index (κ2) is 6.06. The maximum absolute atomic E-state index is 5.38. The highest BCUT2D eigenvalue weighted by atomic mass is 16.3. The van der Waals surface area contributed by atoms with Gasteiger partial charge in [-0.05, 0) is 64.0 Å². The van der Waals surface area contributed by atoms with Gasteiger partial charge in [-0.25, -0.2) is 0 Å². The zero-order chi connectivity index (χ0) is 11.2. The average molecular weight is 222 g/mol. The number of nitrogens with one attached hydrogen (secondary N) is 1. The van der Waals surface area contributed by atoms with Crippen molar-refractivity contribution in [1.29, 1.82) is 0 Å². The highest BCUT2D eigenvalue weighted by Gasteiger charge is 2.19. The number of hydrogen-bond acceptors (Lipinski definition) is 3. The van der Waals surface area contributed by atoms with Crippen LogP contribution in [0.4, 0.5) is 0 Å². The number of rotatable bonds is 5. The van der Waals surface area contributed by atoms with E-state index >= 15 is 0 Å². The van der Waals surface area contributed by atoms with E-state index in [1.54, 1.807) is 6.26 Å². The molecule has 90 valence electrons. The first kappa shape index (κ1) is 11.7. The van der Waals surface area contributed by atoms with Gasteiger partial charge in [0.25, 0.3) is 0 Å². The van der Waals surface area contributed by atoms with Gasteiger partial charge < -0.3 is 9.73 Å². The predicted octanol–water partition coefficient (Wildman–Crippen LogP) is 2.10. The third kappa shape index (κ3) is 3.35. The Hall–Kier alpha value is -0.800. The van der Waals surface area contributed by atoms with Crippen LogP contribution in [0.2, 0.25) is 0 Å². The molecule has 0 bridgehead atoms. The van der Waals surface area contributed by atoms with E-state index in [1.165, 1.54) is 32.4 Å². The van der Waals surface area contributed by atoms with Gasteiger partial charge in [0.05, 0.1) is 12.8 Å². The Morgan fingerprint density at radius 1 is 1.44 bits per heavy atom. The highest BCUT2D eigenvalue weighted by molar-refractivity contribution is 4.98. The number of hydrogen-bond donors (Lipinski definition) is 1. The quantitative estimate of drug-likeness (QED) is 0.827. The fourth-order valence-corrected chi connectivity index (χ4v) is 2.40. The molecule has 0 aliphatic carbocycles. The number of likely N-dealkylation sites (tertiary alicyclic amines) is 1. The number of furan rings is 1. The lowest BCUT2D eigenvalue weighted by molar-refractivity contribution is 0.162. The molecule has 0 saturated carbocycles. The van der Waals surface area contributed by atoms with Gasteiger partial charge in [-0.15, -0.1) is 0 Å². The minimum Gasteiger partial charge on any atom is -0.468 e. The Balaban J connectivity index is 1.69. The van der Waals surface area contributed by atoms with E-state index in [2.05, 4.69) is 16.3 Å². The summed E-state index contributed by atoms with van der Waals surface area (Å²) in [6.45, 7) is 4.57. The van der Waals surface area contributed by atoms with Gasteiger partial charge in [-0.2, -0.15) is 0 Å². The van der Waals surface area contributed by atoms with E-state index in [0.717, 1.165) is 24.8 Å². The zero-order valence-electron chi connectivity index (χ0n) is 10.1. The first-order valence-corrected chi connectivity index (χ1v) is 6.28. The van der Waals surface area contributed by atoms with Crippen molar-refractivity contribution in [2.45, 2.75) is 25.8 Å². The van der Waals surface area contributed by atoms with E-state index in [1.807, 2.05) is 13.1 Å². The molecule has 2 rings (SSSR count). The van der Waals surface area contributed by atoms with Crippen LogP contribution in [0.3, 0.4) is 0 Å².